The van der Waals surface area contributed by atoms with Crippen molar-refractivity contribution in [1.29, 1.82) is 0 Å². The summed E-state index contributed by atoms with van der Waals surface area (Å²) < 4.78 is 17.8. The molecule has 2 heterocycles. The van der Waals surface area contributed by atoms with Crippen LogP contribution >= 0.6 is 11.6 Å². The summed E-state index contributed by atoms with van der Waals surface area (Å²) in [6, 6.07) is 12.1. The molecular formula is C25H23ClN2O5. The first-order valence-corrected chi connectivity index (χ1v) is 10.7. The van der Waals surface area contributed by atoms with Crippen molar-refractivity contribution < 1.29 is 23.5 Å². The summed E-state index contributed by atoms with van der Waals surface area (Å²) in [7, 11) is 1.57. The van der Waals surface area contributed by atoms with Crippen molar-refractivity contribution in [2.75, 3.05) is 7.11 Å². The average Bonchev–Trinajstić information content (AvgIpc) is 3.27. The third-order valence-corrected chi connectivity index (χ3v) is 5.84. The molecule has 0 saturated carbocycles. The molecule has 7 nitrogen and oxygen atoms in total. The molecule has 4 rings (SSSR count). The number of aromatic nitrogens is 2. The molecule has 0 spiro atoms. The molecule has 0 bridgehead atoms. The molecule has 2 aromatic heterocycles. The molecule has 2 aromatic carbocycles. The second kappa shape index (κ2) is 9.11. The minimum atomic E-state index is -0.451. The number of hydrogen-bond donors (Lipinski definition) is 0. The molecule has 0 saturated heterocycles. The predicted octanol–water partition coefficient (Wildman–Crippen LogP) is 5.19. The number of fused-ring (bicyclic) bond motifs is 1. The van der Waals surface area contributed by atoms with Crippen LogP contribution in [0.4, 0.5) is 0 Å². The van der Waals surface area contributed by atoms with E-state index in [4.69, 9.17) is 25.5 Å². The van der Waals surface area contributed by atoms with Crippen LogP contribution in [0.25, 0.3) is 10.9 Å². The Kier molecular flexibility index (Phi) is 6.24. The second-order valence-electron chi connectivity index (χ2n) is 7.68. The molecule has 0 N–H and O–H groups in total. The normalized spacial score (nSPS) is 11.1. The summed E-state index contributed by atoms with van der Waals surface area (Å²) in [4.78, 5) is 30.3. The summed E-state index contributed by atoms with van der Waals surface area (Å²) in [5.74, 6) is 0.987. The van der Waals surface area contributed by atoms with Gasteiger partial charge in [0.15, 0.2) is 6.61 Å². The molecule has 0 amide bonds. The van der Waals surface area contributed by atoms with Gasteiger partial charge in [0.2, 0.25) is 5.89 Å². The maximum absolute atomic E-state index is 13.3. The van der Waals surface area contributed by atoms with Gasteiger partial charge in [-0.1, -0.05) is 11.6 Å². The van der Waals surface area contributed by atoms with E-state index in [2.05, 4.69) is 4.98 Å². The number of hydrogen-bond acceptors (Lipinski definition) is 6. The zero-order valence-corrected chi connectivity index (χ0v) is 19.5. The molecule has 170 valence electrons. The first-order chi connectivity index (χ1) is 15.8. The molecule has 0 aliphatic carbocycles. The van der Waals surface area contributed by atoms with Crippen molar-refractivity contribution >= 4 is 34.4 Å². The summed E-state index contributed by atoms with van der Waals surface area (Å²) in [6.45, 7) is 5.38. The predicted molar refractivity (Wildman–Crippen MR) is 124 cm³/mol. The number of oxazole rings is 1. The number of aryl methyl sites for hydroxylation is 2. The lowest BCUT2D eigenvalue weighted by Crippen LogP contribution is -2.14. The highest BCUT2D eigenvalue weighted by atomic mass is 35.5. The smallest absolute Gasteiger partial charge is 0.310 e. The SMILES string of the molecule is COc1ccc2c(c1)c(CC(=O)OCc1nc(C)c(C)o1)c(C)n2C(=O)c1ccc(Cl)cc1. The van der Waals surface area contributed by atoms with Crippen LogP contribution in [0, 0.1) is 20.8 Å². The Morgan fingerprint density at radius 1 is 1.09 bits per heavy atom. The number of benzene rings is 2. The standard InChI is InChI=1S/C25H23ClN2O5/c1-14-16(3)33-23(27-14)13-32-24(29)12-20-15(2)28(22-10-9-19(31-4)11-21(20)22)25(30)17-5-7-18(26)8-6-17/h5-11H,12-13H2,1-4H3. The topological polar surface area (TPSA) is 83.6 Å². The number of esters is 1. The lowest BCUT2D eigenvalue weighted by Gasteiger charge is -2.08. The van der Waals surface area contributed by atoms with Gasteiger partial charge in [-0.15, -0.1) is 0 Å². The van der Waals surface area contributed by atoms with Crippen molar-refractivity contribution in [1.82, 2.24) is 9.55 Å². The molecule has 0 unspecified atom stereocenters. The zero-order valence-electron chi connectivity index (χ0n) is 18.8. The molecule has 0 aliphatic rings. The number of halogens is 1. The second-order valence-corrected chi connectivity index (χ2v) is 8.12. The summed E-state index contributed by atoms with van der Waals surface area (Å²) in [5.41, 5.74) is 3.26. The van der Waals surface area contributed by atoms with Gasteiger partial charge >= 0.3 is 5.97 Å². The van der Waals surface area contributed by atoms with Crippen LogP contribution in [-0.4, -0.2) is 28.5 Å². The van der Waals surface area contributed by atoms with Gasteiger partial charge in [0.1, 0.15) is 11.5 Å². The Morgan fingerprint density at radius 2 is 1.82 bits per heavy atom. The third-order valence-electron chi connectivity index (χ3n) is 5.59. The van der Waals surface area contributed by atoms with E-state index >= 15 is 0 Å². The van der Waals surface area contributed by atoms with Crippen molar-refractivity contribution in [3.8, 4) is 5.75 Å². The maximum Gasteiger partial charge on any atom is 0.310 e. The Hall–Kier alpha value is -3.58. The van der Waals surface area contributed by atoms with E-state index in [1.807, 2.05) is 26.0 Å². The van der Waals surface area contributed by atoms with Gasteiger partial charge in [-0.25, -0.2) is 4.98 Å². The number of methoxy groups -OCH3 is 1. The van der Waals surface area contributed by atoms with Gasteiger partial charge in [-0.05, 0) is 68.8 Å². The van der Waals surface area contributed by atoms with Crippen molar-refractivity contribution in [2.45, 2.75) is 33.8 Å². The molecule has 8 heteroatoms. The largest absolute Gasteiger partial charge is 0.497 e. The Labute approximate surface area is 195 Å². The zero-order chi connectivity index (χ0) is 23.7. The average molecular weight is 467 g/mol. The first-order valence-electron chi connectivity index (χ1n) is 10.3. The maximum atomic E-state index is 13.3. The fraction of sp³-hybridized carbons (Fsp3) is 0.240. The van der Waals surface area contributed by atoms with E-state index in [-0.39, 0.29) is 18.9 Å². The molecule has 0 aliphatic heterocycles. The number of rotatable bonds is 6. The van der Waals surface area contributed by atoms with E-state index in [9.17, 15) is 9.59 Å². The molecular weight excluding hydrogens is 444 g/mol. The summed E-state index contributed by atoms with van der Waals surface area (Å²) >= 11 is 5.97. The van der Waals surface area contributed by atoms with Gasteiger partial charge in [-0.2, -0.15) is 0 Å². The Balaban J connectivity index is 1.68. The summed E-state index contributed by atoms with van der Waals surface area (Å²) in [5, 5.41) is 1.29. The molecule has 0 fully saturated rings. The highest BCUT2D eigenvalue weighted by Gasteiger charge is 2.23. The molecule has 0 atom stereocenters. The molecule has 0 radical (unpaired) electrons. The van der Waals surface area contributed by atoms with E-state index in [1.54, 1.807) is 48.9 Å². The quantitative estimate of drug-likeness (QED) is 0.363. The van der Waals surface area contributed by atoms with Crippen molar-refractivity contribution in [3.05, 3.63) is 81.7 Å². The molecule has 4 aromatic rings. The van der Waals surface area contributed by atoms with Gasteiger partial charge in [0.25, 0.3) is 5.91 Å². The first kappa shape index (κ1) is 22.6. The van der Waals surface area contributed by atoms with E-state index in [1.165, 1.54) is 0 Å². The minimum Gasteiger partial charge on any atom is -0.497 e. The van der Waals surface area contributed by atoms with Crippen LogP contribution < -0.4 is 4.74 Å². The van der Waals surface area contributed by atoms with Gasteiger partial charge in [0.05, 0.1) is 24.7 Å². The minimum absolute atomic E-state index is 0.0188. The van der Waals surface area contributed by atoms with E-state index < -0.39 is 5.97 Å². The number of carbonyl (C=O) groups is 2. The Bertz CT molecular complexity index is 1330. The van der Waals surface area contributed by atoms with Crippen LogP contribution in [0.15, 0.2) is 46.9 Å². The van der Waals surface area contributed by atoms with Gasteiger partial charge < -0.3 is 13.9 Å². The summed E-state index contributed by atoms with van der Waals surface area (Å²) in [6.07, 6.45) is -0.0188. The fourth-order valence-electron chi connectivity index (χ4n) is 3.73. The number of nitrogens with zero attached hydrogens (tertiary/aromatic N) is 2. The fourth-order valence-corrected chi connectivity index (χ4v) is 3.86. The van der Waals surface area contributed by atoms with Crippen molar-refractivity contribution in [2.24, 2.45) is 0 Å². The monoisotopic (exact) mass is 466 g/mol. The lowest BCUT2D eigenvalue weighted by molar-refractivity contribution is -0.144. The van der Waals surface area contributed by atoms with Gasteiger partial charge in [0, 0.05) is 21.7 Å². The van der Waals surface area contributed by atoms with Crippen LogP contribution in [0.1, 0.15) is 39.0 Å². The number of ether oxygens (including phenoxy) is 2. The van der Waals surface area contributed by atoms with Crippen molar-refractivity contribution in [3.63, 3.8) is 0 Å². The van der Waals surface area contributed by atoms with Crippen LogP contribution in [0.2, 0.25) is 5.02 Å². The Morgan fingerprint density at radius 3 is 2.45 bits per heavy atom. The van der Waals surface area contributed by atoms with E-state index in [0.29, 0.717) is 44.8 Å². The highest BCUT2D eigenvalue weighted by molar-refractivity contribution is 6.30. The molecule has 33 heavy (non-hydrogen) atoms. The number of carbonyl (C=O) groups excluding carboxylic acids is 2. The van der Waals surface area contributed by atoms with Crippen LogP contribution in [-0.2, 0) is 22.6 Å². The lowest BCUT2D eigenvalue weighted by atomic mass is 10.1. The van der Waals surface area contributed by atoms with E-state index in [0.717, 1.165) is 11.1 Å². The van der Waals surface area contributed by atoms with Crippen LogP contribution in [0.5, 0.6) is 5.75 Å². The highest BCUT2D eigenvalue weighted by Crippen LogP contribution is 2.31. The van der Waals surface area contributed by atoms with Crippen LogP contribution in [0.3, 0.4) is 0 Å². The third kappa shape index (κ3) is 4.50. The van der Waals surface area contributed by atoms with Gasteiger partial charge in [-0.3, -0.25) is 14.2 Å².